The molecule has 0 bridgehead atoms. The van der Waals surface area contributed by atoms with Crippen LogP contribution in [0.1, 0.15) is 11.3 Å². The van der Waals surface area contributed by atoms with E-state index in [2.05, 4.69) is 10.3 Å². The molecule has 0 unspecified atom stereocenters. The van der Waals surface area contributed by atoms with Crippen LogP contribution in [0, 0.1) is 0 Å². The normalized spacial score (nSPS) is 11.7. The van der Waals surface area contributed by atoms with Crippen LogP contribution in [-0.4, -0.2) is 29.7 Å². The Hall–Kier alpha value is -1.69. The monoisotopic (exact) mass is 265 g/mol. The maximum Gasteiger partial charge on any atom is 0.175 e. The Bertz CT molecular complexity index is 647. The van der Waals surface area contributed by atoms with Crippen LogP contribution in [0.3, 0.4) is 0 Å². The molecule has 1 aromatic carbocycles. The first kappa shape index (κ1) is 12.8. The molecular formula is C12H15N3O2S. The van der Waals surface area contributed by atoms with Gasteiger partial charge in [-0.3, -0.25) is 4.68 Å². The van der Waals surface area contributed by atoms with E-state index >= 15 is 0 Å². The Morgan fingerprint density at radius 1 is 1.28 bits per heavy atom. The summed E-state index contributed by atoms with van der Waals surface area (Å²) < 4.78 is 24.5. The van der Waals surface area contributed by atoms with Crippen molar-refractivity contribution in [1.82, 2.24) is 15.0 Å². The van der Waals surface area contributed by atoms with E-state index < -0.39 is 9.84 Å². The number of hydrogen-bond acceptors (Lipinski definition) is 4. The Morgan fingerprint density at radius 2 is 2.06 bits per heavy atom. The molecule has 2 aromatic rings. The highest BCUT2D eigenvalue weighted by Gasteiger charge is 2.07. The number of hydrogen-bond donors (Lipinski definition) is 0. The summed E-state index contributed by atoms with van der Waals surface area (Å²) in [6.45, 7) is 0. The molecule has 0 aliphatic carbocycles. The second-order valence-corrected chi connectivity index (χ2v) is 6.32. The van der Waals surface area contributed by atoms with Gasteiger partial charge < -0.3 is 0 Å². The van der Waals surface area contributed by atoms with Crippen molar-refractivity contribution in [2.45, 2.75) is 17.7 Å². The molecule has 1 aromatic heterocycles. The van der Waals surface area contributed by atoms with Crippen molar-refractivity contribution in [3.8, 4) is 0 Å². The van der Waals surface area contributed by atoms with Crippen LogP contribution in [0.25, 0.3) is 0 Å². The Balaban J connectivity index is 2.11. The average molecular weight is 265 g/mol. The van der Waals surface area contributed by atoms with Gasteiger partial charge in [0.2, 0.25) is 0 Å². The van der Waals surface area contributed by atoms with Gasteiger partial charge in [-0.2, -0.15) is 0 Å². The first-order valence-corrected chi connectivity index (χ1v) is 7.48. The van der Waals surface area contributed by atoms with Crippen molar-refractivity contribution in [3.63, 3.8) is 0 Å². The van der Waals surface area contributed by atoms with Crippen molar-refractivity contribution >= 4 is 9.84 Å². The Kier molecular flexibility index (Phi) is 3.47. The summed E-state index contributed by atoms with van der Waals surface area (Å²) >= 11 is 0. The lowest BCUT2D eigenvalue weighted by molar-refractivity contribution is 0.601. The fourth-order valence-corrected chi connectivity index (χ4v) is 2.41. The fourth-order valence-electron chi connectivity index (χ4n) is 1.71. The Labute approximate surface area is 106 Å². The molecule has 5 nitrogen and oxygen atoms in total. The van der Waals surface area contributed by atoms with Gasteiger partial charge in [-0.15, -0.1) is 5.10 Å². The predicted molar refractivity (Wildman–Crippen MR) is 68.0 cm³/mol. The van der Waals surface area contributed by atoms with Gasteiger partial charge in [-0.1, -0.05) is 17.3 Å². The standard InChI is InChI=1S/C12H15N3O2S/c1-15-9-11(13-14-15)7-6-10-4-3-5-12(8-10)18(2,16)17/h3-5,8-9H,6-7H2,1-2H3. The van der Waals surface area contributed by atoms with Crippen LogP contribution in [0.2, 0.25) is 0 Å². The molecule has 6 heteroatoms. The summed E-state index contributed by atoms with van der Waals surface area (Å²) in [5.41, 5.74) is 1.89. The molecule has 0 atom stereocenters. The predicted octanol–water partition coefficient (Wildman–Crippen LogP) is 1.00. The lowest BCUT2D eigenvalue weighted by Crippen LogP contribution is -1.99. The summed E-state index contributed by atoms with van der Waals surface area (Å²) in [6.07, 6.45) is 4.58. The van der Waals surface area contributed by atoms with E-state index in [4.69, 9.17) is 0 Å². The van der Waals surface area contributed by atoms with Crippen LogP contribution >= 0.6 is 0 Å². The molecule has 18 heavy (non-hydrogen) atoms. The third-order valence-corrected chi connectivity index (χ3v) is 3.76. The van der Waals surface area contributed by atoms with E-state index in [1.807, 2.05) is 19.3 Å². The van der Waals surface area contributed by atoms with Gasteiger partial charge in [-0.25, -0.2) is 8.42 Å². The summed E-state index contributed by atoms with van der Waals surface area (Å²) in [5.74, 6) is 0. The highest BCUT2D eigenvalue weighted by molar-refractivity contribution is 7.90. The lowest BCUT2D eigenvalue weighted by Gasteiger charge is -2.02. The second kappa shape index (κ2) is 4.89. The van der Waals surface area contributed by atoms with Crippen molar-refractivity contribution < 1.29 is 8.42 Å². The van der Waals surface area contributed by atoms with Crippen molar-refractivity contribution in [2.24, 2.45) is 7.05 Å². The molecule has 1 heterocycles. The third-order valence-electron chi connectivity index (χ3n) is 2.65. The summed E-state index contributed by atoms with van der Waals surface area (Å²) in [4.78, 5) is 0.360. The van der Waals surface area contributed by atoms with Crippen LogP contribution in [0.5, 0.6) is 0 Å². The van der Waals surface area contributed by atoms with E-state index in [9.17, 15) is 8.42 Å². The largest absolute Gasteiger partial charge is 0.255 e. The maximum absolute atomic E-state index is 11.4. The number of sulfone groups is 1. The fraction of sp³-hybridized carbons (Fsp3) is 0.333. The molecule has 0 amide bonds. The van der Waals surface area contributed by atoms with Crippen LogP contribution in [-0.2, 0) is 29.7 Å². The molecular weight excluding hydrogens is 250 g/mol. The minimum absolute atomic E-state index is 0.360. The van der Waals surface area contributed by atoms with Gasteiger partial charge in [0.1, 0.15) is 0 Å². The number of aryl methyl sites for hydroxylation is 3. The van der Waals surface area contributed by atoms with Gasteiger partial charge in [0, 0.05) is 19.5 Å². The number of rotatable bonds is 4. The zero-order chi connectivity index (χ0) is 13.2. The lowest BCUT2D eigenvalue weighted by atomic mass is 10.1. The molecule has 0 saturated heterocycles. The second-order valence-electron chi connectivity index (χ2n) is 4.30. The molecule has 0 aliphatic rings. The number of nitrogens with zero attached hydrogens (tertiary/aromatic N) is 3. The van der Waals surface area contributed by atoms with Gasteiger partial charge in [0.15, 0.2) is 9.84 Å². The summed E-state index contributed by atoms with van der Waals surface area (Å²) in [5, 5.41) is 7.85. The minimum Gasteiger partial charge on any atom is -0.255 e. The van der Waals surface area contributed by atoms with Gasteiger partial charge >= 0.3 is 0 Å². The third kappa shape index (κ3) is 3.16. The summed E-state index contributed by atoms with van der Waals surface area (Å²) in [6, 6.07) is 7.01. The maximum atomic E-state index is 11.4. The van der Waals surface area contributed by atoms with Crippen LogP contribution < -0.4 is 0 Å². The van der Waals surface area contributed by atoms with Gasteiger partial charge in [0.05, 0.1) is 10.6 Å². The molecule has 0 saturated carbocycles. The number of aromatic nitrogens is 3. The minimum atomic E-state index is -3.14. The smallest absolute Gasteiger partial charge is 0.175 e. The molecule has 0 N–H and O–H groups in total. The van der Waals surface area contributed by atoms with Crippen molar-refractivity contribution in [3.05, 3.63) is 41.7 Å². The zero-order valence-corrected chi connectivity index (χ0v) is 11.2. The quantitative estimate of drug-likeness (QED) is 0.827. The molecule has 2 rings (SSSR count). The van der Waals surface area contributed by atoms with E-state index in [1.165, 1.54) is 6.26 Å². The van der Waals surface area contributed by atoms with Crippen LogP contribution in [0.4, 0.5) is 0 Å². The molecule has 0 aliphatic heterocycles. The van der Waals surface area contributed by atoms with Crippen molar-refractivity contribution in [2.75, 3.05) is 6.26 Å². The molecule has 0 spiro atoms. The average Bonchev–Trinajstić information content (AvgIpc) is 2.72. The zero-order valence-electron chi connectivity index (χ0n) is 10.4. The van der Waals surface area contributed by atoms with Gasteiger partial charge in [-0.05, 0) is 30.5 Å². The highest BCUT2D eigenvalue weighted by atomic mass is 32.2. The Morgan fingerprint density at radius 3 is 2.67 bits per heavy atom. The van der Waals surface area contributed by atoms with E-state index in [0.29, 0.717) is 4.90 Å². The molecule has 96 valence electrons. The molecule has 0 radical (unpaired) electrons. The van der Waals surface area contributed by atoms with Crippen molar-refractivity contribution in [1.29, 1.82) is 0 Å². The number of benzene rings is 1. The first-order chi connectivity index (χ1) is 8.45. The molecule has 0 fully saturated rings. The highest BCUT2D eigenvalue weighted by Crippen LogP contribution is 2.13. The topological polar surface area (TPSA) is 64.8 Å². The van der Waals surface area contributed by atoms with Gasteiger partial charge in [0.25, 0.3) is 0 Å². The van der Waals surface area contributed by atoms with E-state index in [0.717, 1.165) is 24.1 Å². The summed E-state index contributed by atoms with van der Waals surface area (Å²) in [7, 11) is -1.32. The van der Waals surface area contributed by atoms with E-state index in [1.54, 1.807) is 22.9 Å². The van der Waals surface area contributed by atoms with E-state index in [-0.39, 0.29) is 0 Å². The first-order valence-electron chi connectivity index (χ1n) is 5.59. The van der Waals surface area contributed by atoms with Crippen LogP contribution in [0.15, 0.2) is 35.4 Å². The SMILES string of the molecule is Cn1cc(CCc2cccc(S(C)(=O)=O)c2)nn1.